The number of nitrogens with one attached hydrogen (secondary N) is 1. The van der Waals surface area contributed by atoms with Gasteiger partial charge in [0.15, 0.2) is 5.69 Å². The quantitative estimate of drug-likeness (QED) is 0.644. The maximum atomic E-state index is 11.6. The molecule has 0 radical (unpaired) electrons. The van der Waals surface area contributed by atoms with Crippen molar-refractivity contribution >= 4 is 11.8 Å². The van der Waals surface area contributed by atoms with Gasteiger partial charge in [-0.2, -0.15) is 0 Å². The summed E-state index contributed by atoms with van der Waals surface area (Å²) in [5.74, 6) is -0.204. The van der Waals surface area contributed by atoms with Crippen molar-refractivity contribution in [3.05, 3.63) is 12.0 Å². The maximum Gasteiger partial charge on any atom is 0.358 e. The molecule has 0 atom stereocenters. The van der Waals surface area contributed by atoms with Crippen LogP contribution in [0.15, 0.2) is 16.7 Å². The van der Waals surface area contributed by atoms with E-state index in [0.717, 1.165) is 26.2 Å². The number of H-pyrrole nitrogens is 1. The zero-order valence-electron chi connectivity index (χ0n) is 11.2. The number of piperazine rings is 1. The zero-order chi connectivity index (χ0) is 13.7. The smallest absolute Gasteiger partial charge is 0.358 e. The number of imidazole rings is 1. The van der Waals surface area contributed by atoms with Crippen molar-refractivity contribution in [2.24, 2.45) is 10.3 Å². The molecule has 1 saturated heterocycles. The molecule has 0 saturated carbocycles. The SMILES string of the molecule is CCOC(=O)c1[nH]cnc1/N=N/N1CCN(C)CC1. The predicted octanol–water partition coefficient (Wildman–Crippen LogP) is 0.833. The average Bonchev–Trinajstić information content (AvgIpc) is 2.87. The van der Waals surface area contributed by atoms with E-state index in [0.29, 0.717) is 6.61 Å². The lowest BCUT2D eigenvalue weighted by Crippen LogP contribution is -2.41. The highest BCUT2D eigenvalue weighted by molar-refractivity contribution is 5.91. The van der Waals surface area contributed by atoms with Crippen molar-refractivity contribution in [3.63, 3.8) is 0 Å². The number of hydrogen-bond donors (Lipinski definition) is 1. The van der Waals surface area contributed by atoms with Crippen LogP contribution in [-0.2, 0) is 4.74 Å². The molecular formula is C11H18N6O2. The van der Waals surface area contributed by atoms with Gasteiger partial charge in [0, 0.05) is 13.1 Å². The molecule has 8 nitrogen and oxygen atoms in total. The fraction of sp³-hybridized carbons (Fsp3) is 0.636. The Hall–Kier alpha value is -1.96. The average molecular weight is 266 g/mol. The molecule has 0 unspecified atom stereocenters. The summed E-state index contributed by atoms with van der Waals surface area (Å²) in [5.41, 5.74) is 0.236. The number of aromatic nitrogens is 2. The van der Waals surface area contributed by atoms with Crippen LogP contribution in [0.3, 0.4) is 0 Å². The lowest BCUT2D eigenvalue weighted by molar-refractivity contribution is 0.0521. The third kappa shape index (κ3) is 3.50. The van der Waals surface area contributed by atoms with Crippen molar-refractivity contribution in [1.29, 1.82) is 0 Å². The number of hydrogen-bond acceptors (Lipinski definition) is 6. The van der Waals surface area contributed by atoms with Gasteiger partial charge in [0.1, 0.15) is 0 Å². The number of nitrogens with zero attached hydrogens (tertiary/aromatic N) is 5. The summed E-state index contributed by atoms with van der Waals surface area (Å²) < 4.78 is 4.90. The number of esters is 1. The van der Waals surface area contributed by atoms with Crippen LogP contribution >= 0.6 is 0 Å². The standard InChI is InChI=1S/C11H18N6O2/c1-3-19-11(18)9-10(13-8-12-9)14-15-17-6-4-16(2)5-7-17/h8H,3-7H2,1-2H3,(H,12,13)/b15-14+. The molecule has 104 valence electrons. The molecule has 1 aromatic heterocycles. The number of carbonyl (C=O) groups is 1. The van der Waals surface area contributed by atoms with Crippen LogP contribution in [0.4, 0.5) is 5.82 Å². The third-order valence-corrected chi connectivity index (χ3v) is 2.84. The van der Waals surface area contributed by atoms with Crippen molar-refractivity contribution in [2.45, 2.75) is 6.92 Å². The van der Waals surface area contributed by atoms with Crippen LogP contribution in [0.1, 0.15) is 17.4 Å². The Morgan fingerprint density at radius 1 is 1.47 bits per heavy atom. The van der Waals surface area contributed by atoms with Crippen LogP contribution in [0.5, 0.6) is 0 Å². The Morgan fingerprint density at radius 2 is 2.21 bits per heavy atom. The van der Waals surface area contributed by atoms with Gasteiger partial charge in [0.2, 0.25) is 5.82 Å². The predicted molar refractivity (Wildman–Crippen MR) is 68.1 cm³/mol. The summed E-state index contributed by atoms with van der Waals surface area (Å²) in [6, 6.07) is 0. The van der Waals surface area contributed by atoms with Crippen LogP contribution in [0, 0.1) is 0 Å². The van der Waals surface area contributed by atoms with Gasteiger partial charge in [-0.3, -0.25) is 5.01 Å². The van der Waals surface area contributed by atoms with E-state index in [2.05, 4.69) is 32.3 Å². The molecule has 2 rings (SSSR count). The molecule has 0 aliphatic carbocycles. The van der Waals surface area contributed by atoms with E-state index in [-0.39, 0.29) is 11.5 Å². The first-order chi connectivity index (χ1) is 9.20. The Morgan fingerprint density at radius 3 is 2.89 bits per heavy atom. The minimum absolute atomic E-state index is 0.236. The Kier molecular flexibility index (Phi) is 4.45. The van der Waals surface area contributed by atoms with E-state index in [1.807, 2.05) is 5.01 Å². The van der Waals surface area contributed by atoms with Gasteiger partial charge in [-0.25, -0.2) is 9.78 Å². The van der Waals surface area contributed by atoms with E-state index in [1.54, 1.807) is 6.92 Å². The topological polar surface area (TPSA) is 86.2 Å². The van der Waals surface area contributed by atoms with E-state index >= 15 is 0 Å². The van der Waals surface area contributed by atoms with E-state index in [9.17, 15) is 4.79 Å². The van der Waals surface area contributed by atoms with Crippen LogP contribution in [0.2, 0.25) is 0 Å². The highest BCUT2D eigenvalue weighted by atomic mass is 16.5. The van der Waals surface area contributed by atoms with E-state index in [1.165, 1.54) is 6.33 Å². The molecule has 8 heteroatoms. The van der Waals surface area contributed by atoms with Crippen molar-refractivity contribution in [3.8, 4) is 0 Å². The van der Waals surface area contributed by atoms with Crippen molar-refractivity contribution in [1.82, 2.24) is 19.9 Å². The number of likely N-dealkylation sites (N-methyl/N-ethyl adjacent to an activating group) is 1. The molecule has 1 aromatic rings. The fourth-order valence-electron chi connectivity index (χ4n) is 1.71. The first-order valence-corrected chi connectivity index (χ1v) is 6.26. The Balaban J connectivity index is 1.99. The first kappa shape index (κ1) is 13.5. The summed E-state index contributed by atoms with van der Waals surface area (Å²) in [6.45, 7) is 5.60. The monoisotopic (exact) mass is 266 g/mol. The second-order valence-electron chi connectivity index (χ2n) is 4.27. The zero-order valence-corrected chi connectivity index (χ0v) is 11.2. The second-order valence-corrected chi connectivity index (χ2v) is 4.27. The summed E-state index contributed by atoms with van der Waals surface area (Å²) in [5, 5.41) is 9.98. The second kappa shape index (κ2) is 6.28. The minimum Gasteiger partial charge on any atom is -0.461 e. The molecule has 2 heterocycles. The van der Waals surface area contributed by atoms with Gasteiger partial charge in [0.25, 0.3) is 0 Å². The highest BCUT2D eigenvalue weighted by Crippen LogP contribution is 2.16. The van der Waals surface area contributed by atoms with Gasteiger partial charge in [0.05, 0.1) is 26.0 Å². The molecule has 1 N–H and O–H groups in total. The van der Waals surface area contributed by atoms with Gasteiger partial charge < -0.3 is 14.6 Å². The van der Waals surface area contributed by atoms with Gasteiger partial charge >= 0.3 is 5.97 Å². The molecule has 0 amide bonds. The normalized spacial score (nSPS) is 17.1. The molecule has 0 spiro atoms. The lowest BCUT2D eigenvalue weighted by Gasteiger charge is -2.29. The van der Waals surface area contributed by atoms with Crippen LogP contribution in [-0.4, -0.2) is 65.7 Å². The van der Waals surface area contributed by atoms with Gasteiger partial charge in [-0.1, -0.05) is 5.22 Å². The largest absolute Gasteiger partial charge is 0.461 e. The maximum absolute atomic E-state index is 11.6. The first-order valence-electron chi connectivity index (χ1n) is 6.26. The summed E-state index contributed by atoms with van der Waals surface area (Å²) >= 11 is 0. The van der Waals surface area contributed by atoms with E-state index in [4.69, 9.17) is 4.74 Å². The third-order valence-electron chi connectivity index (χ3n) is 2.84. The van der Waals surface area contributed by atoms with Crippen molar-refractivity contribution < 1.29 is 9.53 Å². The fourth-order valence-corrected chi connectivity index (χ4v) is 1.71. The van der Waals surface area contributed by atoms with Crippen LogP contribution < -0.4 is 0 Å². The molecule has 1 aliphatic rings. The number of aromatic amines is 1. The summed E-state index contributed by atoms with van der Waals surface area (Å²) in [6.07, 6.45) is 1.41. The number of carbonyl (C=O) groups excluding carboxylic acids is 1. The molecule has 1 aliphatic heterocycles. The summed E-state index contributed by atoms with van der Waals surface area (Å²) in [4.78, 5) is 20.5. The number of rotatable bonds is 4. The van der Waals surface area contributed by atoms with Gasteiger partial charge in [-0.05, 0) is 14.0 Å². The van der Waals surface area contributed by atoms with Gasteiger partial charge in [-0.15, -0.1) is 5.11 Å². The summed E-state index contributed by atoms with van der Waals surface area (Å²) in [7, 11) is 2.07. The highest BCUT2D eigenvalue weighted by Gasteiger charge is 2.16. The molecule has 1 fully saturated rings. The van der Waals surface area contributed by atoms with E-state index < -0.39 is 5.97 Å². The molecular weight excluding hydrogens is 248 g/mol. The minimum atomic E-state index is -0.465. The van der Waals surface area contributed by atoms with Crippen LogP contribution in [0.25, 0.3) is 0 Å². The molecule has 0 aromatic carbocycles. The molecule has 0 bridgehead atoms. The Bertz CT molecular complexity index is 450. The lowest BCUT2D eigenvalue weighted by atomic mass is 10.4. The Labute approximate surface area is 111 Å². The molecule has 19 heavy (non-hydrogen) atoms. The number of ether oxygens (including phenoxy) is 1. The van der Waals surface area contributed by atoms with Crippen molar-refractivity contribution in [2.75, 3.05) is 39.8 Å².